The van der Waals surface area contributed by atoms with Gasteiger partial charge in [-0.25, -0.2) is 19.4 Å². The van der Waals surface area contributed by atoms with E-state index >= 15 is 0 Å². The fraction of sp³-hybridized carbons (Fsp3) is 0.321. The molecule has 0 unspecified atom stereocenters. The van der Waals surface area contributed by atoms with Gasteiger partial charge in [0.15, 0.2) is 5.82 Å². The number of hydrogen-bond acceptors (Lipinski definition) is 9. The van der Waals surface area contributed by atoms with Gasteiger partial charge in [0, 0.05) is 55.3 Å². The van der Waals surface area contributed by atoms with Gasteiger partial charge in [-0.1, -0.05) is 24.2 Å². The second-order valence-corrected chi connectivity index (χ2v) is 10.0. The minimum absolute atomic E-state index is 0.317. The number of carbonyl (C=O) groups is 1. The number of hydrogen-bond donors (Lipinski definition) is 2. The summed E-state index contributed by atoms with van der Waals surface area (Å²) in [6.07, 6.45) is 3.22. The molecule has 3 heterocycles. The Morgan fingerprint density at radius 1 is 1.18 bits per heavy atom. The van der Waals surface area contributed by atoms with Crippen molar-refractivity contribution < 1.29 is 18.8 Å². The number of benzene rings is 2. The minimum atomic E-state index is -0.403. The third kappa shape index (κ3) is 5.96. The van der Waals surface area contributed by atoms with Crippen LogP contribution in [0.4, 0.5) is 33.1 Å². The third-order valence-corrected chi connectivity index (χ3v) is 7.21. The first-order valence-electron chi connectivity index (χ1n) is 12.9. The second kappa shape index (κ2) is 12.1. The normalized spacial score (nSPS) is 17.6. The zero-order chi connectivity index (χ0) is 28.2. The number of anilines is 5. The van der Waals surface area contributed by atoms with Crippen molar-refractivity contribution in [3.8, 4) is 5.75 Å². The van der Waals surface area contributed by atoms with Gasteiger partial charge in [0.05, 0.1) is 36.8 Å². The predicted molar refractivity (Wildman–Crippen MR) is 154 cm³/mol. The van der Waals surface area contributed by atoms with Crippen LogP contribution in [0, 0.1) is 5.82 Å². The Kier molecular flexibility index (Phi) is 8.34. The van der Waals surface area contributed by atoms with E-state index < -0.39 is 5.82 Å². The lowest BCUT2D eigenvalue weighted by atomic mass is 10.0. The van der Waals surface area contributed by atoms with Crippen LogP contribution in [0.1, 0.15) is 18.0 Å². The van der Waals surface area contributed by atoms with Gasteiger partial charge < -0.3 is 25.2 Å². The van der Waals surface area contributed by atoms with Crippen molar-refractivity contribution in [2.75, 3.05) is 67.5 Å². The van der Waals surface area contributed by atoms with E-state index in [1.54, 1.807) is 30.4 Å². The summed E-state index contributed by atoms with van der Waals surface area (Å²) in [5.74, 6) is 0.774. The smallest absolute Gasteiger partial charge is 0.247 e. The largest absolute Gasteiger partial charge is 0.494 e. The summed E-state index contributed by atoms with van der Waals surface area (Å²) in [6.45, 7) is 7.42. The van der Waals surface area contributed by atoms with Gasteiger partial charge in [-0.05, 0) is 31.3 Å². The SMILES string of the molecule is C=CC(=O)Nc1cc(Nc2cc(N3OCC[C@@H]3c3ccc(Cl)cc3F)ncn2)c(OC)cc1N1CCN(C)CC1. The summed E-state index contributed by atoms with van der Waals surface area (Å²) < 4.78 is 20.4. The van der Waals surface area contributed by atoms with E-state index in [0.29, 0.717) is 52.4 Å². The summed E-state index contributed by atoms with van der Waals surface area (Å²) in [5, 5.41) is 8.11. The summed E-state index contributed by atoms with van der Waals surface area (Å²) in [5.41, 5.74) is 2.53. The van der Waals surface area contributed by atoms with E-state index in [9.17, 15) is 9.18 Å². The Morgan fingerprint density at radius 3 is 2.70 bits per heavy atom. The van der Waals surface area contributed by atoms with Crippen LogP contribution in [-0.4, -0.2) is 67.7 Å². The number of likely N-dealkylation sites (N-methyl/N-ethyl adjacent to an activating group) is 1. The number of piperazine rings is 1. The van der Waals surface area contributed by atoms with Crippen LogP contribution in [0.2, 0.25) is 5.02 Å². The number of methoxy groups -OCH3 is 1. The Hall–Kier alpha value is -3.93. The van der Waals surface area contributed by atoms with Gasteiger partial charge in [0.25, 0.3) is 0 Å². The van der Waals surface area contributed by atoms with Gasteiger partial charge in [0.2, 0.25) is 5.91 Å². The molecule has 12 heteroatoms. The van der Waals surface area contributed by atoms with Crippen LogP contribution in [-0.2, 0) is 9.63 Å². The summed E-state index contributed by atoms with van der Waals surface area (Å²) >= 11 is 5.95. The molecule has 0 spiro atoms. The third-order valence-electron chi connectivity index (χ3n) is 6.97. The number of hydroxylamine groups is 1. The van der Waals surface area contributed by atoms with E-state index in [-0.39, 0.29) is 11.9 Å². The predicted octanol–water partition coefficient (Wildman–Crippen LogP) is 4.78. The molecule has 0 bridgehead atoms. The Labute approximate surface area is 237 Å². The van der Waals surface area contributed by atoms with Crippen LogP contribution >= 0.6 is 11.6 Å². The quantitative estimate of drug-likeness (QED) is 0.373. The zero-order valence-electron chi connectivity index (χ0n) is 22.4. The van der Waals surface area contributed by atoms with Crippen molar-refractivity contribution in [2.45, 2.75) is 12.5 Å². The average molecular weight is 568 g/mol. The van der Waals surface area contributed by atoms with Crippen LogP contribution in [0.25, 0.3) is 0 Å². The number of nitrogens with zero attached hydrogens (tertiary/aromatic N) is 5. The van der Waals surface area contributed by atoms with Gasteiger partial charge in [0.1, 0.15) is 23.7 Å². The van der Waals surface area contributed by atoms with Crippen molar-refractivity contribution in [1.82, 2.24) is 14.9 Å². The summed E-state index contributed by atoms with van der Waals surface area (Å²) in [6, 6.07) is 9.66. The molecular weight excluding hydrogens is 537 g/mol. The molecule has 0 radical (unpaired) electrons. The van der Waals surface area contributed by atoms with Crippen molar-refractivity contribution in [3.05, 3.63) is 71.8 Å². The number of carbonyl (C=O) groups excluding carboxylic acids is 1. The van der Waals surface area contributed by atoms with E-state index in [0.717, 1.165) is 31.9 Å². The summed E-state index contributed by atoms with van der Waals surface area (Å²) in [4.78, 5) is 31.3. The van der Waals surface area contributed by atoms with Crippen LogP contribution in [0.3, 0.4) is 0 Å². The first-order valence-corrected chi connectivity index (χ1v) is 13.3. The molecule has 210 valence electrons. The maximum atomic E-state index is 14.7. The van der Waals surface area contributed by atoms with E-state index in [4.69, 9.17) is 21.2 Å². The number of nitrogens with one attached hydrogen (secondary N) is 2. The molecule has 2 aliphatic rings. The van der Waals surface area contributed by atoms with Gasteiger partial charge in [-0.15, -0.1) is 0 Å². The highest BCUT2D eigenvalue weighted by molar-refractivity contribution is 6.30. The molecule has 1 amide bonds. The lowest BCUT2D eigenvalue weighted by Crippen LogP contribution is -2.44. The molecule has 3 aromatic rings. The first-order chi connectivity index (χ1) is 19.4. The fourth-order valence-corrected chi connectivity index (χ4v) is 5.01. The maximum Gasteiger partial charge on any atom is 0.247 e. The van der Waals surface area contributed by atoms with Crippen LogP contribution in [0.5, 0.6) is 5.75 Å². The van der Waals surface area contributed by atoms with E-state index in [1.165, 1.54) is 18.5 Å². The molecule has 2 aliphatic heterocycles. The molecule has 0 aliphatic carbocycles. The maximum absolute atomic E-state index is 14.7. The molecule has 2 saturated heterocycles. The molecular formula is C28H31ClFN7O3. The fourth-order valence-electron chi connectivity index (χ4n) is 4.85. The van der Waals surface area contributed by atoms with E-state index in [2.05, 4.69) is 44.0 Å². The Morgan fingerprint density at radius 2 is 1.98 bits per heavy atom. The van der Waals surface area contributed by atoms with Crippen LogP contribution in [0.15, 0.2) is 55.4 Å². The van der Waals surface area contributed by atoms with Crippen molar-refractivity contribution >= 4 is 46.2 Å². The highest BCUT2D eigenvalue weighted by Gasteiger charge is 2.31. The lowest BCUT2D eigenvalue weighted by molar-refractivity contribution is -0.111. The van der Waals surface area contributed by atoms with Gasteiger partial charge in [-0.2, -0.15) is 0 Å². The van der Waals surface area contributed by atoms with Crippen molar-refractivity contribution in [1.29, 1.82) is 0 Å². The average Bonchev–Trinajstić information content (AvgIpc) is 3.43. The van der Waals surface area contributed by atoms with Crippen LogP contribution < -0.4 is 25.3 Å². The molecule has 0 saturated carbocycles. The molecule has 5 rings (SSSR count). The highest BCUT2D eigenvalue weighted by Crippen LogP contribution is 2.40. The number of rotatable bonds is 8. The molecule has 2 N–H and O–H groups in total. The number of halogens is 2. The first kappa shape index (κ1) is 27.6. The lowest BCUT2D eigenvalue weighted by Gasteiger charge is -2.35. The molecule has 40 heavy (non-hydrogen) atoms. The Bertz CT molecular complexity index is 1400. The van der Waals surface area contributed by atoms with Crippen molar-refractivity contribution in [3.63, 3.8) is 0 Å². The highest BCUT2D eigenvalue weighted by atomic mass is 35.5. The second-order valence-electron chi connectivity index (χ2n) is 9.57. The topological polar surface area (TPSA) is 95.1 Å². The minimum Gasteiger partial charge on any atom is -0.494 e. The number of amides is 1. The summed E-state index contributed by atoms with van der Waals surface area (Å²) in [7, 11) is 3.67. The molecule has 1 atom stereocenters. The number of ether oxygens (including phenoxy) is 1. The van der Waals surface area contributed by atoms with Crippen molar-refractivity contribution in [2.24, 2.45) is 0 Å². The molecule has 2 aromatic carbocycles. The standard InChI is InChI=1S/C28H31ClFN7O3/c1-4-28(38)34-21-14-22(25(39-3)15-24(21)36-10-8-35(2)9-11-36)33-26-16-27(32-17-31-26)37-23(7-12-40-37)19-6-5-18(29)13-20(19)30/h4-6,13-17,23H,1,7-12H2,2-3H3,(H,34,38)(H,31,32,33)/t23-/m1/s1. The number of aromatic nitrogens is 2. The molecule has 10 nitrogen and oxygen atoms in total. The van der Waals surface area contributed by atoms with E-state index in [1.807, 2.05) is 12.1 Å². The molecule has 1 aromatic heterocycles. The monoisotopic (exact) mass is 567 g/mol. The zero-order valence-corrected chi connectivity index (χ0v) is 23.1. The van der Waals surface area contributed by atoms with Gasteiger partial charge >= 0.3 is 0 Å². The Balaban J connectivity index is 1.44. The molecule has 2 fully saturated rings. The van der Waals surface area contributed by atoms with Gasteiger partial charge in [-0.3, -0.25) is 9.63 Å².